The highest BCUT2D eigenvalue weighted by Gasteiger charge is 2.34. The highest BCUT2D eigenvalue weighted by atomic mass is 16.5. The zero-order chi connectivity index (χ0) is 22.8. The molecule has 162 valence electrons. The number of amides is 1. The molecular formula is C24H22N4O4. The average Bonchev–Trinajstić information content (AvgIpc) is 2.77. The third kappa shape index (κ3) is 3.95. The van der Waals surface area contributed by atoms with Crippen LogP contribution in [0.3, 0.4) is 0 Å². The van der Waals surface area contributed by atoms with Crippen molar-refractivity contribution in [2.45, 2.75) is 0 Å². The van der Waals surface area contributed by atoms with Crippen molar-refractivity contribution in [1.82, 2.24) is 4.90 Å². The Kier molecular flexibility index (Phi) is 5.70. The number of nitrogens with zero attached hydrogens (tertiary/aromatic N) is 2. The van der Waals surface area contributed by atoms with E-state index in [0.29, 0.717) is 28.1 Å². The van der Waals surface area contributed by atoms with Crippen molar-refractivity contribution >= 4 is 28.8 Å². The fourth-order valence-corrected chi connectivity index (χ4v) is 3.67. The molecule has 8 heteroatoms. The molecule has 0 spiro atoms. The van der Waals surface area contributed by atoms with Crippen LogP contribution in [0, 0.1) is 5.21 Å². The van der Waals surface area contributed by atoms with Crippen molar-refractivity contribution in [2.24, 2.45) is 0 Å². The number of ketones is 2. The van der Waals surface area contributed by atoms with E-state index in [1.54, 1.807) is 36.4 Å². The van der Waals surface area contributed by atoms with Gasteiger partial charge in [0.05, 0.1) is 16.8 Å². The number of benzene rings is 2. The summed E-state index contributed by atoms with van der Waals surface area (Å²) in [5.74, 6) is -1.17. The van der Waals surface area contributed by atoms with Crippen LogP contribution in [0.5, 0.6) is 0 Å². The lowest BCUT2D eigenvalue weighted by atomic mass is 9.82. The van der Waals surface area contributed by atoms with E-state index in [9.17, 15) is 19.6 Å². The highest BCUT2D eigenvalue weighted by Crippen LogP contribution is 2.36. The fraction of sp³-hybridized carbons (Fsp3) is 0.167. The Morgan fingerprint density at radius 3 is 2.19 bits per heavy atom. The summed E-state index contributed by atoms with van der Waals surface area (Å²) in [6.07, 6.45) is 2.41. The van der Waals surface area contributed by atoms with Gasteiger partial charge in [0.25, 0.3) is 5.91 Å². The van der Waals surface area contributed by atoms with Gasteiger partial charge in [-0.15, -0.1) is 0 Å². The SMILES string of the molecule is CN(C)CCNc1ccc(NC(=O)c2ccc[n+]([O-])c2)c2c1C(=O)c1ccccc1C2=O. The predicted molar refractivity (Wildman–Crippen MR) is 120 cm³/mol. The van der Waals surface area contributed by atoms with E-state index in [2.05, 4.69) is 10.6 Å². The molecule has 1 aliphatic carbocycles. The van der Waals surface area contributed by atoms with Gasteiger partial charge in [-0.2, -0.15) is 4.73 Å². The molecule has 4 rings (SSSR count). The van der Waals surface area contributed by atoms with E-state index >= 15 is 0 Å². The Hall–Kier alpha value is -4.04. The first-order valence-corrected chi connectivity index (χ1v) is 10.1. The molecule has 0 fully saturated rings. The second-order valence-electron chi connectivity index (χ2n) is 7.75. The van der Waals surface area contributed by atoms with Gasteiger partial charge < -0.3 is 20.7 Å². The monoisotopic (exact) mass is 430 g/mol. The van der Waals surface area contributed by atoms with Crippen molar-refractivity contribution in [3.63, 3.8) is 0 Å². The standard InChI is InChI=1S/C24H22N4O4/c1-27(2)13-11-25-18-9-10-19(26-24(31)15-6-5-12-28(32)14-15)21-20(18)22(29)16-7-3-4-8-17(16)23(21)30/h3-10,12,14,25H,11,13H2,1-2H3,(H,26,31). The number of rotatable bonds is 6. The maximum absolute atomic E-state index is 13.4. The smallest absolute Gasteiger partial charge is 0.261 e. The first-order valence-electron chi connectivity index (χ1n) is 10.1. The zero-order valence-corrected chi connectivity index (χ0v) is 17.7. The Balaban J connectivity index is 1.78. The van der Waals surface area contributed by atoms with Crippen LogP contribution in [0.2, 0.25) is 0 Å². The highest BCUT2D eigenvalue weighted by molar-refractivity contribution is 6.32. The first kappa shape index (κ1) is 21.2. The summed E-state index contributed by atoms with van der Waals surface area (Å²) in [6, 6.07) is 12.9. The van der Waals surface area contributed by atoms with Crippen LogP contribution in [-0.2, 0) is 0 Å². The lowest BCUT2D eigenvalue weighted by Crippen LogP contribution is -2.28. The van der Waals surface area contributed by atoms with Gasteiger partial charge in [-0.05, 0) is 32.3 Å². The summed E-state index contributed by atoms with van der Waals surface area (Å²) in [4.78, 5) is 41.5. The van der Waals surface area contributed by atoms with E-state index < -0.39 is 5.91 Å². The summed E-state index contributed by atoms with van der Waals surface area (Å²) in [5, 5.41) is 17.5. The number of carbonyl (C=O) groups excluding carboxylic acids is 3. The molecular weight excluding hydrogens is 408 g/mol. The Morgan fingerprint density at radius 2 is 1.56 bits per heavy atom. The van der Waals surface area contributed by atoms with Gasteiger partial charge in [-0.25, -0.2) is 0 Å². The number of pyridine rings is 1. The third-order valence-electron chi connectivity index (χ3n) is 5.24. The Bertz CT molecular complexity index is 1240. The molecule has 0 unspecified atom stereocenters. The van der Waals surface area contributed by atoms with E-state index in [0.717, 1.165) is 12.7 Å². The van der Waals surface area contributed by atoms with E-state index in [4.69, 9.17) is 0 Å². The third-order valence-corrected chi connectivity index (χ3v) is 5.24. The molecule has 32 heavy (non-hydrogen) atoms. The van der Waals surface area contributed by atoms with Gasteiger partial charge in [-0.3, -0.25) is 14.4 Å². The number of nitrogens with one attached hydrogen (secondary N) is 2. The van der Waals surface area contributed by atoms with Gasteiger partial charge in [0.2, 0.25) is 0 Å². The molecule has 0 atom stereocenters. The number of hydrogen-bond acceptors (Lipinski definition) is 6. The minimum atomic E-state index is -0.551. The molecule has 0 bridgehead atoms. The summed E-state index contributed by atoms with van der Waals surface area (Å²) in [7, 11) is 3.88. The van der Waals surface area contributed by atoms with E-state index in [1.165, 1.54) is 18.3 Å². The van der Waals surface area contributed by atoms with E-state index in [1.807, 2.05) is 19.0 Å². The average molecular weight is 430 g/mol. The molecule has 3 aromatic rings. The number of carbonyl (C=O) groups is 3. The number of hydrogen-bond donors (Lipinski definition) is 2. The second kappa shape index (κ2) is 8.60. The van der Waals surface area contributed by atoms with Gasteiger partial charge in [0, 0.05) is 36.0 Å². The maximum Gasteiger partial charge on any atom is 0.261 e. The van der Waals surface area contributed by atoms with Crippen molar-refractivity contribution in [3.8, 4) is 0 Å². The lowest BCUT2D eigenvalue weighted by Gasteiger charge is -2.24. The van der Waals surface area contributed by atoms with Crippen LogP contribution in [0.1, 0.15) is 42.2 Å². The number of likely N-dealkylation sites (N-methyl/N-ethyl adjacent to an activating group) is 1. The lowest BCUT2D eigenvalue weighted by molar-refractivity contribution is -0.605. The minimum absolute atomic E-state index is 0.138. The maximum atomic E-state index is 13.4. The molecule has 2 N–H and O–H groups in total. The molecule has 2 aromatic carbocycles. The Labute approximate surface area is 185 Å². The van der Waals surface area contributed by atoms with Crippen LogP contribution in [0.25, 0.3) is 0 Å². The van der Waals surface area contributed by atoms with Crippen LogP contribution in [0.15, 0.2) is 60.9 Å². The molecule has 8 nitrogen and oxygen atoms in total. The molecule has 1 aromatic heterocycles. The molecule has 1 aliphatic rings. The van der Waals surface area contributed by atoms with Crippen LogP contribution in [0.4, 0.5) is 11.4 Å². The summed E-state index contributed by atoms with van der Waals surface area (Å²) in [6.45, 7) is 1.30. The number of fused-ring (bicyclic) bond motifs is 2. The van der Waals surface area contributed by atoms with Gasteiger partial charge >= 0.3 is 0 Å². The molecule has 0 aliphatic heterocycles. The quantitative estimate of drug-likeness (QED) is 0.359. The molecule has 0 radical (unpaired) electrons. The van der Waals surface area contributed by atoms with Crippen LogP contribution in [-0.4, -0.2) is 49.6 Å². The van der Waals surface area contributed by atoms with Gasteiger partial charge in [0.1, 0.15) is 5.56 Å². The van der Waals surface area contributed by atoms with Crippen molar-refractivity contribution in [3.05, 3.63) is 93.9 Å². The fourth-order valence-electron chi connectivity index (χ4n) is 3.67. The van der Waals surface area contributed by atoms with Crippen molar-refractivity contribution in [2.75, 3.05) is 37.8 Å². The van der Waals surface area contributed by atoms with Crippen LogP contribution >= 0.6 is 0 Å². The van der Waals surface area contributed by atoms with Crippen molar-refractivity contribution < 1.29 is 19.1 Å². The second-order valence-corrected chi connectivity index (χ2v) is 7.75. The largest absolute Gasteiger partial charge is 0.619 e. The number of anilines is 2. The molecule has 0 saturated heterocycles. The zero-order valence-electron chi connectivity index (χ0n) is 17.7. The Morgan fingerprint density at radius 1 is 0.938 bits per heavy atom. The minimum Gasteiger partial charge on any atom is -0.619 e. The van der Waals surface area contributed by atoms with E-state index in [-0.39, 0.29) is 33.9 Å². The molecule has 1 heterocycles. The van der Waals surface area contributed by atoms with Crippen molar-refractivity contribution in [1.29, 1.82) is 0 Å². The van der Waals surface area contributed by atoms with Crippen LogP contribution < -0.4 is 15.4 Å². The number of aromatic nitrogens is 1. The van der Waals surface area contributed by atoms with Gasteiger partial charge in [-0.1, -0.05) is 24.3 Å². The molecule has 1 amide bonds. The summed E-state index contributed by atoms with van der Waals surface area (Å²) < 4.78 is 0.521. The topological polar surface area (TPSA) is 105 Å². The summed E-state index contributed by atoms with van der Waals surface area (Å²) in [5.41, 5.74) is 1.89. The predicted octanol–water partition coefficient (Wildman–Crippen LogP) is 2.32. The van der Waals surface area contributed by atoms with Gasteiger partial charge in [0.15, 0.2) is 24.0 Å². The summed E-state index contributed by atoms with van der Waals surface area (Å²) >= 11 is 0. The first-order chi connectivity index (χ1) is 15.4. The molecule has 0 saturated carbocycles. The normalized spacial score (nSPS) is 12.3.